The van der Waals surface area contributed by atoms with E-state index in [4.69, 9.17) is 4.74 Å². The highest BCUT2D eigenvalue weighted by molar-refractivity contribution is 5.83. The van der Waals surface area contributed by atoms with E-state index < -0.39 is 0 Å². The van der Waals surface area contributed by atoms with Gasteiger partial charge in [-0.3, -0.25) is 4.79 Å². The van der Waals surface area contributed by atoms with Gasteiger partial charge in [-0.2, -0.15) is 0 Å². The molecule has 2 fully saturated rings. The molecule has 1 heterocycles. The van der Waals surface area contributed by atoms with E-state index in [-0.39, 0.29) is 6.04 Å². The number of carbonyl (C=O) groups excluding carboxylic acids is 1. The second-order valence-electron chi connectivity index (χ2n) is 3.67. The minimum atomic E-state index is 0.284. The van der Waals surface area contributed by atoms with Crippen molar-refractivity contribution in [2.45, 2.75) is 25.3 Å². The Hall–Kier alpha value is -0.410. The minimum absolute atomic E-state index is 0.284. The number of nitrogens with one attached hydrogen (secondary N) is 1. The largest absolute Gasteiger partial charge is 0.379 e. The zero-order valence-electron chi connectivity index (χ0n) is 7.21. The molecule has 3 nitrogen and oxygen atoms in total. The summed E-state index contributed by atoms with van der Waals surface area (Å²) in [6.45, 7) is 2.38. The van der Waals surface area contributed by atoms with E-state index in [9.17, 15) is 4.79 Å². The summed E-state index contributed by atoms with van der Waals surface area (Å²) in [6, 6.07) is 0.284. The molecule has 0 aromatic rings. The molecule has 1 aliphatic heterocycles. The van der Waals surface area contributed by atoms with E-state index in [1.54, 1.807) is 0 Å². The first-order valence-corrected chi connectivity index (χ1v) is 4.70. The summed E-state index contributed by atoms with van der Waals surface area (Å²) in [6.07, 6.45) is 2.91. The molecule has 1 unspecified atom stereocenters. The molecule has 0 bridgehead atoms. The lowest BCUT2D eigenvalue weighted by Crippen LogP contribution is -2.42. The fourth-order valence-corrected chi connectivity index (χ4v) is 1.57. The summed E-state index contributed by atoms with van der Waals surface area (Å²) in [7, 11) is 0. The number of rotatable bonds is 3. The Kier molecular flexibility index (Phi) is 2.42. The Morgan fingerprint density at radius 2 is 2.33 bits per heavy atom. The maximum Gasteiger partial charge on any atom is 0.137 e. The monoisotopic (exact) mass is 169 g/mol. The van der Waals surface area contributed by atoms with E-state index >= 15 is 0 Å². The van der Waals surface area contributed by atoms with Gasteiger partial charge in [-0.15, -0.1) is 0 Å². The van der Waals surface area contributed by atoms with Gasteiger partial charge < -0.3 is 10.1 Å². The van der Waals surface area contributed by atoms with Crippen molar-refractivity contribution in [3.63, 3.8) is 0 Å². The van der Waals surface area contributed by atoms with Crippen molar-refractivity contribution < 1.29 is 9.53 Å². The molecule has 1 aliphatic carbocycles. The van der Waals surface area contributed by atoms with Crippen LogP contribution in [0.1, 0.15) is 19.3 Å². The molecule has 1 N–H and O–H groups in total. The number of ketones is 1. The second kappa shape index (κ2) is 3.54. The van der Waals surface area contributed by atoms with E-state index in [1.807, 2.05) is 0 Å². The number of morpholine rings is 1. The van der Waals surface area contributed by atoms with Crippen LogP contribution in [0.3, 0.4) is 0 Å². The highest BCUT2D eigenvalue weighted by Crippen LogP contribution is 2.31. The van der Waals surface area contributed by atoms with Gasteiger partial charge in [0.2, 0.25) is 0 Å². The van der Waals surface area contributed by atoms with Gasteiger partial charge in [-0.1, -0.05) is 0 Å². The van der Waals surface area contributed by atoms with Crippen molar-refractivity contribution in [1.82, 2.24) is 5.32 Å². The Labute approximate surface area is 72.5 Å². The van der Waals surface area contributed by atoms with Gasteiger partial charge in [0.1, 0.15) is 5.78 Å². The van der Waals surface area contributed by atoms with E-state index in [2.05, 4.69) is 5.32 Å². The smallest absolute Gasteiger partial charge is 0.137 e. The highest BCUT2D eigenvalue weighted by atomic mass is 16.5. The molecule has 1 saturated carbocycles. The maximum atomic E-state index is 11.4. The van der Waals surface area contributed by atoms with Crippen LogP contribution in [0, 0.1) is 5.92 Å². The Balaban J connectivity index is 1.73. The molecule has 12 heavy (non-hydrogen) atoms. The summed E-state index contributed by atoms with van der Waals surface area (Å²) in [5.41, 5.74) is 0. The first kappa shape index (κ1) is 8.20. The van der Waals surface area contributed by atoms with E-state index in [1.165, 1.54) is 0 Å². The van der Waals surface area contributed by atoms with Gasteiger partial charge in [0.25, 0.3) is 0 Å². The number of hydrogen-bond donors (Lipinski definition) is 1. The SMILES string of the molecule is O=C(CC1COCCN1)C1CC1. The lowest BCUT2D eigenvalue weighted by atomic mass is 10.1. The molecule has 0 spiro atoms. The van der Waals surface area contributed by atoms with Gasteiger partial charge in [0.15, 0.2) is 0 Å². The standard InChI is InChI=1S/C9H15NO2/c11-9(7-1-2-7)5-8-6-12-4-3-10-8/h7-8,10H,1-6H2. The second-order valence-corrected chi connectivity index (χ2v) is 3.67. The third kappa shape index (κ3) is 2.05. The molecule has 68 valence electrons. The quantitative estimate of drug-likeness (QED) is 0.662. The van der Waals surface area contributed by atoms with Crippen LogP contribution in [-0.2, 0) is 9.53 Å². The Morgan fingerprint density at radius 3 is 2.92 bits per heavy atom. The van der Waals surface area contributed by atoms with Gasteiger partial charge >= 0.3 is 0 Å². The summed E-state index contributed by atoms with van der Waals surface area (Å²) < 4.78 is 5.27. The highest BCUT2D eigenvalue weighted by Gasteiger charge is 2.31. The molecule has 1 atom stereocenters. The molecule has 3 heteroatoms. The van der Waals surface area contributed by atoms with Gasteiger partial charge in [-0.25, -0.2) is 0 Å². The van der Waals surface area contributed by atoms with Crippen molar-refractivity contribution in [2.75, 3.05) is 19.8 Å². The van der Waals surface area contributed by atoms with Crippen LogP contribution >= 0.6 is 0 Å². The normalized spacial score (nSPS) is 30.2. The fourth-order valence-electron chi connectivity index (χ4n) is 1.57. The third-order valence-corrected chi connectivity index (χ3v) is 2.48. The molecule has 1 saturated heterocycles. The molecule has 0 aromatic carbocycles. The number of ether oxygens (including phenoxy) is 1. The minimum Gasteiger partial charge on any atom is -0.379 e. The van der Waals surface area contributed by atoms with Gasteiger partial charge in [-0.05, 0) is 12.8 Å². The molecule has 0 aromatic heterocycles. The van der Waals surface area contributed by atoms with Crippen molar-refractivity contribution in [3.8, 4) is 0 Å². The average Bonchev–Trinajstić information content (AvgIpc) is 2.88. The van der Waals surface area contributed by atoms with E-state index in [0.717, 1.165) is 26.0 Å². The summed E-state index contributed by atoms with van der Waals surface area (Å²) >= 11 is 0. The van der Waals surface area contributed by atoms with Crippen LogP contribution in [0.2, 0.25) is 0 Å². The van der Waals surface area contributed by atoms with Crippen LogP contribution in [-0.4, -0.2) is 31.6 Å². The van der Waals surface area contributed by atoms with Crippen molar-refractivity contribution in [1.29, 1.82) is 0 Å². The number of Topliss-reactive ketones (excluding diaryl/α,β-unsaturated/α-hetero) is 1. The summed E-state index contributed by atoms with van der Waals surface area (Å²) in [5.74, 6) is 0.826. The van der Waals surface area contributed by atoms with Gasteiger partial charge in [0, 0.05) is 24.9 Å². The van der Waals surface area contributed by atoms with Crippen LogP contribution in [0.15, 0.2) is 0 Å². The average molecular weight is 169 g/mol. The van der Waals surface area contributed by atoms with Crippen molar-refractivity contribution >= 4 is 5.78 Å². The Morgan fingerprint density at radius 1 is 1.50 bits per heavy atom. The predicted octanol–water partition coefficient (Wildman–Crippen LogP) is 0.344. The van der Waals surface area contributed by atoms with Crippen LogP contribution in [0.4, 0.5) is 0 Å². The maximum absolute atomic E-state index is 11.4. The molecule has 0 amide bonds. The van der Waals surface area contributed by atoms with Crippen LogP contribution < -0.4 is 5.32 Å². The lowest BCUT2D eigenvalue weighted by Gasteiger charge is -2.22. The fraction of sp³-hybridized carbons (Fsp3) is 0.889. The Bertz CT molecular complexity index is 171. The van der Waals surface area contributed by atoms with Crippen LogP contribution in [0.5, 0.6) is 0 Å². The number of carbonyl (C=O) groups is 1. The van der Waals surface area contributed by atoms with Crippen molar-refractivity contribution in [2.24, 2.45) is 5.92 Å². The summed E-state index contributed by atoms with van der Waals surface area (Å²) in [5, 5.41) is 3.29. The zero-order chi connectivity index (χ0) is 8.39. The third-order valence-electron chi connectivity index (χ3n) is 2.48. The molecule has 2 rings (SSSR count). The molecule has 0 radical (unpaired) electrons. The van der Waals surface area contributed by atoms with Gasteiger partial charge in [0.05, 0.1) is 13.2 Å². The zero-order valence-corrected chi connectivity index (χ0v) is 7.21. The van der Waals surface area contributed by atoms with Crippen LogP contribution in [0.25, 0.3) is 0 Å². The van der Waals surface area contributed by atoms with Crippen molar-refractivity contribution in [3.05, 3.63) is 0 Å². The first-order valence-electron chi connectivity index (χ1n) is 4.70. The van der Waals surface area contributed by atoms with E-state index in [0.29, 0.717) is 24.7 Å². The number of hydrogen-bond acceptors (Lipinski definition) is 3. The lowest BCUT2D eigenvalue weighted by molar-refractivity contribution is -0.121. The molecular formula is C9H15NO2. The summed E-state index contributed by atoms with van der Waals surface area (Å²) in [4.78, 5) is 11.4. The predicted molar refractivity (Wildman–Crippen MR) is 45.0 cm³/mol. The molecular weight excluding hydrogens is 154 g/mol. The molecule has 2 aliphatic rings. The first-order chi connectivity index (χ1) is 5.86. The topological polar surface area (TPSA) is 38.3 Å².